The van der Waals surface area contributed by atoms with Crippen LogP contribution < -0.4 is 0 Å². The Morgan fingerprint density at radius 1 is 1.35 bits per heavy atom. The first-order valence-corrected chi connectivity index (χ1v) is 7.92. The fourth-order valence-electron chi connectivity index (χ4n) is 2.35. The molecule has 1 aromatic rings. The molecular formula is C13H18N4O2S. The highest BCUT2D eigenvalue weighted by atomic mass is 32.2. The second-order valence-corrected chi connectivity index (χ2v) is 7.03. The van der Waals surface area contributed by atoms with Gasteiger partial charge >= 0.3 is 0 Å². The van der Waals surface area contributed by atoms with Gasteiger partial charge in [0.05, 0.1) is 0 Å². The topological polar surface area (TPSA) is 77.3 Å². The smallest absolute Gasteiger partial charge is 0.244 e. The fourth-order valence-corrected chi connectivity index (χ4v) is 3.76. The van der Waals surface area contributed by atoms with Crippen LogP contribution in [0.15, 0.2) is 23.2 Å². The normalized spacial score (nSPS) is 18.1. The minimum absolute atomic E-state index is 0.153. The van der Waals surface area contributed by atoms with Crippen LogP contribution in [0.5, 0.6) is 0 Å². The fraction of sp³-hybridized carbons (Fsp3) is 0.538. The van der Waals surface area contributed by atoms with Gasteiger partial charge in [0.15, 0.2) is 0 Å². The van der Waals surface area contributed by atoms with E-state index in [-0.39, 0.29) is 10.6 Å². The number of piperidine rings is 1. The van der Waals surface area contributed by atoms with Gasteiger partial charge in [-0.1, -0.05) is 0 Å². The zero-order valence-corrected chi connectivity index (χ0v) is 12.5. The van der Waals surface area contributed by atoms with E-state index >= 15 is 0 Å². The molecule has 108 valence electrons. The molecule has 1 saturated heterocycles. The standard InChI is InChI=1S/C13H18N4O2S/c1-16(2)12-5-7-17(8-6-12)20(18,19)13-4-3-11(9-14)15-10-13/h3-4,10,12H,5-8H2,1-2H3. The molecule has 0 spiro atoms. The Balaban J connectivity index is 2.13. The van der Waals surface area contributed by atoms with E-state index in [2.05, 4.69) is 9.88 Å². The lowest BCUT2D eigenvalue weighted by molar-refractivity contribution is 0.196. The minimum Gasteiger partial charge on any atom is -0.306 e. The lowest BCUT2D eigenvalue weighted by Gasteiger charge is -2.34. The molecular weight excluding hydrogens is 276 g/mol. The predicted molar refractivity (Wildman–Crippen MR) is 74.4 cm³/mol. The molecule has 1 aliphatic heterocycles. The van der Waals surface area contributed by atoms with Crippen molar-refractivity contribution in [2.75, 3.05) is 27.2 Å². The maximum absolute atomic E-state index is 12.5. The molecule has 1 aromatic heterocycles. The first-order valence-electron chi connectivity index (χ1n) is 6.48. The van der Waals surface area contributed by atoms with E-state index in [0.29, 0.717) is 19.1 Å². The van der Waals surface area contributed by atoms with Gasteiger partial charge in [0.1, 0.15) is 16.7 Å². The van der Waals surface area contributed by atoms with Gasteiger partial charge < -0.3 is 4.90 Å². The summed E-state index contributed by atoms with van der Waals surface area (Å²) in [6, 6.07) is 5.18. The molecule has 7 heteroatoms. The monoisotopic (exact) mass is 294 g/mol. The summed E-state index contributed by atoms with van der Waals surface area (Å²) in [6.45, 7) is 1.04. The Kier molecular flexibility index (Phi) is 4.38. The van der Waals surface area contributed by atoms with Crippen molar-refractivity contribution in [3.8, 4) is 6.07 Å². The molecule has 0 amide bonds. The first-order chi connectivity index (χ1) is 9.45. The van der Waals surface area contributed by atoms with Crippen LogP contribution in [0.1, 0.15) is 18.5 Å². The summed E-state index contributed by atoms with van der Waals surface area (Å²) < 4.78 is 26.4. The highest BCUT2D eigenvalue weighted by Crippen LogP contribution is 2.21. The van der Waals surface area contributed by atoms with Gasteiger partial charge in [-0.15, -0.1) is 0 Å². The largest absolute Gasteiger partial charge is 0.306 e. The van der Waals surface area contributed by atoms with Crippen molar-refractivity contribution in [1.29, 1.82) is 5.26 Å². The Hall–Kier alpha value is -1.49. The van der Waals surface area contributed by atoms with Gasteiger partial charge in [-0.2, -0.15) is 9.57 Å². The number of nitriles is 1. The number of nitrogens with zero attached hydrogens (tertiary/aromatic N) is 4. The van der Waals surface area contributed by atoms with E-state index in [1.807, 2.05) is 20.2 Å². The number of pyridine rings is 1. The molecule has 0 aromatic carbocycles. The minimum atomic E-state index is -3.49. The molecule has 0 bridgehead atoms. The number of sulfonamides is 1. The summed E-state index contributed by atoms with van der Waals surface area (Å²) in [5.74, 6) is 0. The summed E-state index contributed by atoms with van der Waals surface area (Å²) in [5, 5.41) is 8.68. The van der Waals surface area contributed by atoms with Gasteiger partial charge in [0.2, 0.25) is 10.0 Å². The molecule has 1 aliphatic rings. The first kappa shape index (κ1) is 14.9. The third-order valence-corrected chi connectivity index (χ3v) is 5.52. The van der Waals surface area contributed by atoms with Crippen LogP contribution in [0.2, 0.25) is 0 Å². The number of rotatable bonds is 3. The van der Waals surface area contributed by atoms with Crippen molar-refractivity contribution in [3.63, 3.8) is 0 Å². The highest BCUT2D eigenvalue weighted by Gasteiger charge is 2.30. The molecule has 0 radical (unpaired) electrons. The molecule has 0 aliphatic carbocycles. The van der Waals surface area contributed by atoms with Crippen molar-refractivity contribution < 1.29 is 8.42 Å². The predicted octanol–water partition coefficient (Wildman–Crippen LogP) is 0.668. The van der Waals surface area contributed by atoms with Crippen molar-refractivity contribution in [2.45, 2.75) is 23.8 Å². The van der Waals surface area contributed by atoms with Gasteiger partial charge in [-0.3, -0.25) is 0 Å². The zero-order valence-electron chi connectivity index (χ0n) is 11.7. The van der Waals surface area contributed by atoms with E-state index in [9.17, 15) is 8.42 Å². The molecule has 6 nitrogen and oxygen atoms in total. The molecule has 0 atom stereocenters. The third kappa shape index (κ3) is 2.98. The highest BCUT2D eigenvalue weighted by molar-refractivity contribution is 7.89. The second-order valence-electron chi connectivity index (χ2n) is 5.09. The Morgan fingerprint density at radius 3 is 2.45 bits per heavy atom. The maximum atomic E-state index is 12.5. The summed E-state index contributed by atoms with van der Waals surface area (Å²) in [5.41, 5.74) is 0.218. The number of hydrogen-bond acceptors (Lipinski definition) is 5. The quantitative estimate of drug-likeness (QED) is 0.819. The van der Waals surface area contributed by atoms with Crippen LogP contribution >= 0.6 is 0 Å². The Labute approximate surface area is 119 Å². The molecule has 0 unspecified atom stereocenters. The van der Waals surface area contributed by atoms with Gasteiger partial charge in [0, 0.05) is 25.3 Å². The third-order valence-electron chi connectivity index (χ3n) is 3.64. The molecule has 2 heterocycles. The van der Waals surface area contributed by atoms with Crippen molar-refractivity contribution in [1.82, 2.24) is 14.2 Å². The van der Waals surface area contributed by atoms with Crippen molar-refractivity contribution >= 4 is 10.0 Å². The lowest BCUT2D eigenvalue weighted by atomic mass is 10.1. The second kappa shape index (κ2) is 5.87. The van der Waals surface area contributed by atoms with Crippen molar-refractivity contribution in [3.05, 3.63) is 24.0 Å². The summed E-state index contributed by atoms with van der Waals surface area (Å²) >= 11 is 0. The van der Waals surface area contributed by atoms with Crippen LogP contribution in [-0.4, -0.2) is 55.8 Å². The average molecular weight is 294 g/mol. The summed E-state index contributed by atoms with van der Waals surface area (Å²) in [7, 11) is 0.533. The molecule has 2 rings (SSSR count). The van der Waals surface area contributed by atoms with Gasteiger partial charge in [-0.05, 0) is 39.1 Å². The van der Waals surface area contributed by atoms with E-state index < -0.39 is 10.0 Å². The van der Waals surface area contributed by atoms with Gasteiger partial charge in [-0.25, -0.2) is 13.4 Å². The maximum Gasteiger partial charge on any atom is 0.244 e. The van der Waals surface area contributed by atoms with E-state index in [4.69, 9.17) is 5.26 Å². The molecule has 20 heavy (non-hydrogen) atoms. The SMILES string of the molecule is CN(C)C1CCN(S(=O)(=O)c2ccc(C#N)nc2)CC1. The molecule has 0 saturated carbocycles. The van der Waals surface area contributed by atoms with Crippen LogP contribution in [0, 0.1) is 11.3 Å². The average Bonchev–Trinajstić information content (AvgIpc) is 2.47. The van der Waals surface area contributed by atoms with Crippen LogP contribution in [-0.2, 0) is 10.0 Å². The van der Waals surface area contributed by atoms with E-state index in [1.165, 1.54) is 22.6 Å². The van der Waals surface area contributed by atoms with Crippen LogP contribution in [0.4, 0.5) is 0 Å². The number of aromatic nitrogens is 1. The van der Waals surface area contributed by atoms with E-state index in [0.717, 1.165) is 12.8 Å². The number of hydrogen-bond donors (Lipinski definition) is 0. The Morgan fingerprint density at radius 2 is 2.00 bits per heavy atom. The lowest BCUT2D eigenvalue weighted by Crippen LogP contribution is -2.44. The molecule has 1 fully saturated rings. The van der Waals surface area contributed by atoms with E-state index in [1.54, 1.807) is 0 Å². The zero-order chi connectivity index (χ0) is 14.8. The van der Waals surface area contributed by atoms with Crippen LogP contribution in [0.25, 0.3) is 0 Å². The van der Waals surface area contributed by atoms with Gasteiger partial charge in [0.25, 0.3) is 0 Å². The van der Waals surface area contributed by atoms with Crippen LogP contribution in [0.3, 0.4) is 0 Å². The Bertz CT molecular complexity index is 596. The van der Waals surface area contributed by atoms with Crippen molar-refractivity contribution in [2.24, 2.45) is 0 Å². The summed E-state index contributed by atoms with van der Waals surface area (Å²) in [6.07, 6.45) is 2.91. The summed E-state index contributed by atoms with van der Waals surface area (Å²) in [4.78, 5) is 6.11. The molecule has 0 N–H and O–H groups in total.